The normalized spacial score (nSPS) is 10.8. The number of hydrogen-bond acceptors (Lipinski definition) is 3. The van der Waals surface area contributed by atoms with Gasteiger partial charge in [0.2, 0.25) is 0 Å². The third-order valence-electron chi connectivity index (χ3n) is 2.79. The highest BCUT2D eigenvalue weighted by atomic mass is 16.6. The van der Waals surface area contributed by atoms with Crippen LogP contribution in [0.1, 0.15) is 0 Å². The number of nitro groups is 1. The summed E-state index contributed by atoms with van der Waals surface area (Å²) >= 11 is 0. The van der Waals surface area contributed by atoms with Crippen molar-refractivity contribution in [1.29, 1.82) is 0 Å². The van der Waals surface area contributed by atoms with Crippen LogP contribution in [-0.4, -0.2) is 9.91 Å². The van der Waals surface area contributed by atoms with Gasteiger partial charge in [-0.1, -0.05) is 30.3 Å². The zero-order valence-corrected chi connectivity index (χ0v) is 8.83. The van der Waals surface area contributed by atoms with Gasteiger partial charge in [0.15, 0.2) is 0 Å². The van der Waals surface area contributed by atoms with Crippen molar-refractivity contribution in [2.45, 2.75) is 0 Å². The fourth-order valence-corrected chi connectivity index (χ4v) is 2.05. The third-order valence-corrected chi connectivity index (χ3v) is 2.79. The quantitative estimate of drug-likeness (QED) is 0.362. The van der Waals surface area contributed by atoms with E-state index in [9.17, 15) is 10.1 Å². The van der Waals surface area contributed by atoms with E-state index < -0.39 is 0 Å². The van der Waals surface area contributed by atoms with Gasteiger partial charge >= 0.3 is 0 Å². The molecule has 1 heterocycles. The predicted molar refractivity (Wildman–Crippen MR) is 65.9 cm³/mol. The van der Waals surface area contributed by atoms with Gasteiger partial charge in [0.05, 0.1) is 15.8 Å². The summed E-state index contributed by atoms with van der Waals surface area (Å²) in [5, 5.41) is 13.4. The summed E-state index contributed by atoms with van der Waals surface area (Å²) in [5.41, 5.74) is 0.782. The molecule has 0 bridgehead atoms. The minimum absolute atomic E-state index is 0.104. The number of benzene rings is 2. The van der Waals surface area contributed by atoms with Gasteiger partial charge in [-0.15, -0.1) is 0 Å². The monoisotopic (exact) mass is 224 g/mol. The molecule has 0 atom stereocenters. The van der Waals surface area contributed by atoms with Crippen molar-refractivity contribution >= 4 is 27.4 Å². The molecule has 0 fully saturated rings. The molecule has 0 radical (unpaired) electrons. The number of rotatable bonds is 1. The Labute approximate surface area is 96.7 Å². The van der Waals surface area contributed by atoms with E-state index in [1.807, 2.05) is 30.3 Å². The smallest absolute Gasteiger partial charge is 0.258 e. The maximum absolute atomic E-state index is 11.0. The van der Waals surface area contributed by atoms with E-state index in [0.29, 0.717) is 10.9 Å². The molecule has 0 N–H and O–H groups in total. The van der Waals surface area contributed by atoms with Crippen LogP contribution < -0.4 is 0 Å². The van der Waals surface area contributed by atoms with Crippen LogP contribution in [0.15, 0.2) is 48.7 Å². The van der Waals surface area contributed by atoms with Crippen molar-refractivity contribution in [3.63, 3.8) is 0 Å². The van der Waals surface area contributed by atoms with Gasteiger partial charge < -0.3 is 0 Å². The lowest BCUT2D eigenvalue weighted by Gasteiger charge is -2.03. The molecule has 0 aliphatic rings. The first-order chi connectivity index (χ1) is 8.27. The van der Waals surface area contributed by atoms with E-state index in [-0.39, 0.29) is 10.6 Å². The third kappa shape index (κ3) is 1.42. The molecule has 0 spiro atoms. The van der Waals surface area contributed by atoms with Gasteiger partial charge in [-0.25, -0.2) is 0 Å². The van der Waals surface area contributed by atoms with Crippen molar-refractivity contribution < 1.29 is 4.92 Å². The van der Waals surface area contributed by atoms with Crippen molar-refractivity contribution in [3.8, 4) is 0 Å². The lowest BCUT2D eigenvalue weighted by molar-refractivity contribution is -0.383. The Hall–Kier alpha value is -2.49. The molecule has 17 heavy (non-hydrogen) atoms. The van der Waals surface area contributed by atoms with Crippen molar-refractivity contribution in [2.24, 2.45) is 0 Å². The molecular weight excluding hydrogens is 216 g/mol. The molecule has 3 aromatic rings. The number of pyridine rings is 1. The van der Waals surface area contributed by atoms with E-state index >= 15 is 0 Å². The van der Waals surface area contributed by atoms with Crippen molar-refractivity contribution in [3.05, 3.63) is 58.8 Å². The average Bonchev–Trinajstić information content (AvgIpc) is 2.37. The summed E-state index contributed by atoms with van der Waals surface area (Å²) in [6.07, 6.45) is 1.65. The molecule has 1 aromatic heterocycles. The van der Waals surface area contributed by atoms with E-state index in [0.717, 1.165) is 10.8 Å². The molecule has 3 rings (SSSR count). The number of aromatic nitrogens is 1. The first kappa shape index (κ1) is 9.72. The SMILES string of the molecule is O=[N+]([O-])c1cccc2ccc3cccnc3c12. The second-order valence-corrected chi connectivity index (χ2v) is 3.77. The molecule has 4 nitrogen and oxygen atoms in total. The van der Waals surface area contributed by atoms with E-state index in [1.165, 1.54) is 6.07 Å². The molecular formula is C13H8N2O2. The lowest BCUT2D eigenvalue weighted by atomic mass is 10.0. The van der Waals surface area contributed by atoms with Gasteiger partial charge in [-0.2, -0.15) is 0 Å². The predicted octanol–water partition coefficient (Wildman–Crippen LogP) is 3.30. The number of nitrogens with zero attached hydrogens (tertiary/aromatic N) is 2. The standard InChI is InChI=1S/C13H8N2O2/c16-15(17)11-5-1-3-9-6-7-10-4-2-8-14-13(10)12(9)11/h1-8H. The summed E-state index contributed by atoms with van der Waals surface area (Å²) in [4.78, 5) is 14.9. The Kier molecular flexibility index (Phi) is 2.01. The second-order valence-electron chi connectivity index (χ2n) is 3.77. The zero-order chi connectivity index (χ0) is 11.8. The topological polar surface area (TPSA) is 56.0 Å². The molecule has 0 unspecified atom stereocenters. The molecule has 0 saturated carbocycles. The van der Waals surface area contributed by atoms with E-state index in [4.69, 9.17) is 0 Å². The first-order valence-electron chi connectivity index (χ1n) is 5.18. The summed E-state index contributed by atoms with van der Waals surface area (Å²) < 4.78 is 0. The van der Waals surface area contributed by atoms with Crippen LogP contribution in [0.4, 0.5) is 5.69 Å². The van der Waals surface area contributed by atoms with Gasteiger partial charge in [0, 0.05) is 17.6 Å². The molecule has 4 heteroatoms. The van der Waals surface area contributed by atoms with Gasteiger partial charge in [0.1, 0.15) is 0 Å². The van der Waals surface area contributed by atoms with Gasteiger partial charge in [-0.05, 0) is 11.5 Å². The van der Waals surface area contributed by atoms with E-state index in [1.54, 1.807) is 12.3 Å². The second kappa shape index (κ2) is 3.52. The van der Waals surface area contributed by atoms with Crippen LogP contribution in [0.5, 0.6) is 0 Å². The fraction of sp³-hybridized carbons (Fsp3) is 0. The summed E-state index contributed by atoms with van der Waals surface area (Å²) in [6, 6.07) is 12.6. The minimum Gasteiger partial charge on any atom is -0.258 e. The highest BCUT2D eigenvalue weighted by Crippen LogP contribution is 2.31. The molecule has 0 saturated heterocycles. The molecule has 82 valence electrons. The summed E-state index contributed by atoms with van der Waals surface area (Å²) in [6.45, 7) is 0. The van der Waals surface area contributed by atoms with Crippen molar-refractivity contribution in [2.75, 3.05) is 0 Å². The largest absolute Gasteiger partial charge is 0.279 e. The molecule has 0 amide bonds. The molecule has 0 aliphatic carbocycles. The van der Waals surface area contributed by atoms with Gasteiger partial charge in [0.25, 0.3) is 5.69 Å². The summed E-state index contributed by atoms with van der Waals surface area (Å²) in [7, 11) is 0. The Morgan fingerprint density at radius 1 is 1.00 bits per heavy atom. The van der Waals surface area contributed by atoms with Crippen molar-refractivity contribution in [1.82, 2.24) is 4.98 Å². The van der Waals surface area contributed by atoms with Gasteiger partial charge in [-0.3, -0.25) is 15.1 Å². The maximum Gasteiger partial charge on any atom is 0.279 e. The number of nitro benzene ring substituents is 1. The highest BCUT2D eigenvalue weighted by Gasteiger charge is 2.14. The lowest BCUT2D eigenvalue weighted by Crippen LogP contribution is -1.91. The Bertz CT molecular complexity index is 738. The van der Waals surface area contributed by atoms with Crippen LogP contribution in [0.3, 0.4) is 0 Å². The average molecular weight is 224 g/mol. The van der Waals surface area contributed by atoms with Crippen LogP contribution in [-0.2, 0) is 0 Å². The van der Waals surface area contributed by atoms with Crippen LogP contribution in [0.25, 0.3) is 21.7 Å². The molecule has 0 aliphatic heterocycles. The number of non-ortho nitro benzene ring substituents is 1. The Morgan fingerprint density at radius 3 is 2.59 bits per heavy atom. The van der Waals surface area contributed by atoms with Crippen LogP contribution >= 0.6 is 0 Å². The fourth-order valence-electron chi connectivity index (χ4n) is 2.05. The first-order valence-corrected chi connectivity index (χ1v) is 5.18. The number of fused-ring (bicyclic) bond motifs is 3. The molecule has 2 aromatic carbocycles. The highest BCUT2D eigenvalue weighted by molar-refractivity contribution is 6.09. The Balaban J connectivity index is 2.59. The summed E-state index contributed by atoms with van der Waals surface area (Å²) in [5.74, 6) is 0. The number of hydrogen-bond donors (Lipinski definition) is 0. The van der Waals surface area contributed by atoms with E-state index in [2.05, 4.69) is 4.98 Å². The zero-order valence-electron chi connectivity index (χ0n) is 8.83. The Morgan fingerprint density at radius 2 is 1.76 bits per heavy atom. The van der Waals surface area contributed by atoms with Crippen LogP contribution in [0, 0.1) is 10.1 Å². The maximum atomic E-state index is 11.0. The van der Waals surface area contributed by atoms with Crippen LogP contribution in [0.2, 0.25) is 0 Å². The minimum atomic E-state index is -0.365.